The number of ether oxygens (including phenoxy) is 1. The average Bonchev–Trinajstić information content (AvgIpc) is 2.86. The van der Waals surface area contributed by atoms with E-state index in [0.717, 1.165) is 18.0 Å². The van der Waals surface area contributed by atoms with Crippen molar-refractivity contribution in [1.82, 2.24) is 15.1 Å². The molecule has 1 aromatic heterocycles. The molecule has 1 aromatic carbocycles. The monoisotopic (exact) mass is 287 g/mol. The van der Waals surface area contributed by atoms with Crippen molar-refractivity contribution in [3.05, 3.63) is 47.3 Å². The molecular formula is C17H25N3O. The predicted octanol–water partition coefficient (Wildman–Crippen LogP) is 3.25. The van der Waals surface area contributed by atoms with Crippen LogP contribution in [0.15, 0.2) is 30.5 Å². The zero-order valence-electron chi connectivity index (χ0n) is 13.6. The van der Waals surface area contributed by atoms with Gasteiger partial charge >= 0.3 is 0 Å². The van der Waals surface area contributed by atoms with E-state index < -0.39 is 0 Å². The second kappa shape index (κ2) is 6.76. The number of aromatic nitrogens is 2. The van der Waals surface area contributed by atoms with Crippen LogP contribution in [0.5, 0.6) is 5.75 Å². The summed E-state index contributed by atoms with van der Waals surface area (Å²) in [6.07, 6.45) is 1.77. The Morgan fingerprint density at radius 3 is 2.33 bits per heavy atom. The van der Waals surface area contributed by atoms with E-state index in [-0.39, 0.29) is 6.04 Å². The Hall–Kier alpha value is -1.81. The standard InChI is InChI=1S/C17H25N3O/c1-6-18-16(17-15(21-5)11-19-20(17)4)14-9-7-13(8-10-14)12(2)3/h7-12,16,18H,6H2,1-5H3. The van der Waals surface area contributed by atoms with Crippen molar-refractivity contribution in [3.63, 3.8) is 0 Å². The summed E-state index contributed by atoms with van der Waals surface area (Å²) in [7, 11) is 3.63. The van der Waals surface area contributed by atoms with E-state index in [0.29, 0.717) is 5.92 Å². The van der Waals surface area contributed by atoms with Gasteiger partial charge in [-0.1, -0.05) is 45.0 Å². The lowest BCUT2D eigenvalue weighted by atomic mass is 9.97. The van der Waals surface area contributed by atoms with Crippen LogP contribution in [0, 0.1) is 0 Å². The van der Waals surface area contributed by atoms with E-state index >= 15 is 0 Å². The highest BCUT2D eigenvalue weighted by Gasteiger charge is 2.21. The van der Waals surface area contributed by atoms with Crippen LogP contribution in [-0.2, 0) is 7.05 Å². The Morgan fingerprint density at radius 1 is 1.19 bits per heavy atom. The van der Waals surface area contributed by atoms with Crippen molar-refractivity contribution < 1.29 is 4.74 Å². The molecular weight excluding hydrogens is 262 g/mol. The largest absolute Gasteiger partial charge is 0.493 e. The third kappa shape index (κ3) is 3.27. The summed E-state index contributed by atoms with van der Waals surface area (Å²) in [4.78, 5) is 0. The van der Waals surface area contributed by atoms with Crippen LogP contribution in [0.4, 0.5) is 0 Å². The van der Waals surface area contributed by atoms with Crippen molar-refractivity contribution in [1.29, 1.82) is 0 Å². The smallest absolute Gasteiger partial charge is 0.161 e. The molecule has 21 heavy (non-hydrogen) atoms. The molecule has 114 valence electrons. The Bertz CT molecular complexity index is 572. The minimum absolute atomic E-state index is 0.0821. The third-order valence-electron chi connectivity index (χ3n) is 3.79. The number of nitrogens with zero attached hydrogens (tertiary/aromatic N) is 2. The van der Waals surface area contributed by atoms with Gasteiger partial charge in [0.25, 0.3) is 0 Å². The summed E-state index contributed by atoms with van der Waals surface area (Å²) >= 11 is 0. The van der Waals surface area contributed by atoms with Gasteiger partial charge in [-0.25, -0.2) is 0 Å². The van der Waals surface area contributed by atoms with E-state index in [2.05, 4.69) is 55.5 Å². The van der Waals surface area contributed by atoms with Gasteiger partial charge in [0.2, 0.25) is 0 Å². The molecule has 0 bridgehead atoms. The molecule has 2 aromatic rings. The van der Waals surface area contributed by atoms with Crippen LogP contribution >= 0.6 is 0 Å². The van der Waals surface area contributed by atoms with Crippen LogP contribution in [-0.4, -0.2) is 23.4 Å². The van der Waals surface area contributed by atoms with Crippen molar-refractivity contribution in [2.24, 2.45) is 7.05 Å². The summed E-state index contributed by atoms with van der Waals surface area (Å²) in [5, 5.41) is 7.84. The molecule has 0 saturated carbocycles. The van der Waals surface area contributed by atoms with E-state index in [4.69, 9.17) is 4.74 Å². The number of benzene rings is 1. The summed E-state index contributed by atoms with van der Waals surface area (Å²) in [5.74, 6) is 1.36. The molecule has 1 heterocycles. The second-order valence-corrected chi connectivity index (χ2v) is 5.53. The van der Waals surface area contributed by atoms with Crippen LogP contribution in [0.2, 0.25) is 0 Å². The van der Waals surface area contributed by atoms with Crippen LogP contribution < -0.4 is 10.1 Å². The number of methoxy groups -OCH3 is 1. The number of aryl methyl sites for hydroxylation is 1. The van der Waals surface area contributed by atoms with E-state index in [9.17, 15) is 0 Å². The second-order valence-electron chi connectivity index (χ2n) is 5.53. The Kier molecular flexibility index (Phi) is 5.02. The van der Waals surface area contributed by atoms with Gasteiger partial charge in [0, 0.05) is 7.05 Å². The van der Waals surface area contributed by atoms with Crippen LogP contribution in [0.1, 0.15) is 49.6 Å². The SMILES string of the molecule is CCNC(c1ccc(C(C)C)cc1)c1c(OC)cnn1C. The predicted molar refractivity (Wildman–Crippen MR) is 85.8 cm³/mol. The number of nitrogens with one attached hydrogen (secondary N) is 1. The summed E-state index contributed by atoms with van der Waals surface area (Å²) < 4.78 is 7.33. The molecule has 0 radical (unpaired) electrons. The number of rotatable bonds is 6. The van der Waals surface area contributed by atoms with Gasteiger partial charge in [0.1, 0.15) is 5.69 Å². The lowest BCUT2D eigenvalue weighted by Crippen LogP contribution is -2.24. The van der Waals surface area contributed by atoms with Crippen molar-refractivity contribution in [3.8, 4) is 5.75 Å². The quantitative estimate of drug-likeness (QED) is 0.886. The van der Waals surface area contributed by atoms with Crippen molar-refractivity contribution in [2.45, 2.75) is 32.7 Å². The minimum atomic E-state index is 0.0821. The Balaban J connectivity index is 2.40. The molecule has 0 aliphatic carbocycles. The van der Waals surface area contributed by atoms with Gasteiger partial charge in [-0.3, -0.25) is 4.68 Å². The van der Waals surface area contributed by atoms with Gasteiger partial charge in [-0.2, -0.15) is 5.10 Å². The highest BCUT2D eigenvalue weighted by molar-refractivity contribution is 5.37. The maximum Gasteiger partial charge on any atom is 0.161 e. The number of hydrogen-bond donors (Lipinski definition) is 1. The third-order valence-corrected chi connectivity index (χ3v) is 3.79. The van der Waals surface area contributed by atoms with Crippen molar-refractivity contribution in [2.75, 3.05) is 13.7 Å². The molecule has 0 aliphatic rings. The molecule has 0 spiro atoms. The van der Waals surface area contributed by atoms with Crippen molar-refractivity contribution >= 4 is 0 Å². The molecule has 1 atom stereocenters. The molecule has 0 saturated heterocycles. The van der Waals surface area contributed by atoms with Crippen LogP contribution in [0.25, 0.3) is 0 Å². The van der Waals surface area contributed by atoms with Crippen LogP contribution in [0.3, 0.4) is 0 Å². The molecule has 0 aliphatic heterocycles. The molecule has 1 N–H and O–H groups in total. The fraction of sp³-hybridized carbons (Fsp3) is 0.471. The molecule has 4 nitrogen and oxygen atoms in total. The normalized spacial score (nSPS) is 12.7. The van der Waals surface area contributed by atoms with Gasteiger partial charge in [-0.05, 0) is 23.6 Å². The summed E-state index contributed by atoms with van der Waals surface area (Å²) in [5.41, 5.74) is 3.63. The first-order valence-electron chi connectivity index (χ1n) is 7.47. The highest BCUT2D eigenvalue weighted by Crippen LogP contribution is 2.30. The summed E-state index contributed by atoms with van der Waals surface area (Å²) in [6, 6.07) is 8.86. The summed E-state index contributed by atoms with van der Waals surface area (Å²) in [6.45, 7) is 7.41. The minimum Gasteiger partial charge on any atom is -0.493 e. The molecule has 1 unspecified atom stereocenters. The Labute approximate surface area is 127 Å². The first-order chi connectivity index (χ1) is 10.1. The van der Waals surface area contributed by atoms with Gasteiger partial charge in [-0.15, -0.1) is 0 Å². The van der Waals surface area contributed by atoms with Gasteiger partial charge in [0.15, 0.2) is 5.75 Å². The molecule has 4 heteroatoms. The van der Waals surface area contributed by atoms with E-state index in [1.165, 1.54) is 11.1 Å². The van der Waals surface area contributed by atoms with E-state index in [1.54, 1.807) is 13.3 Å². The van der Waals surface area contributed by atoms with Gasteiger partial charge in [0.05, 0.1) is 19.3 Å². The zero-order chi connectivity index (χ0) is 15.4. The zero-order valence-corrected chi connectivity index (χ0v) is 13.6. The maximum atomic E-state index is 5.45. The first-order valence-corrected chi connectivity index (χ1v) is 7.47. The van der Waals surface area contributed by atoms with Gasteiger partial charge < -0.3 is 10.1 Å². The topological polar surface area (TPSA) is 39.1 Å². The first kappa shape index (κ1) is 15.6. The molecule has 0 fully saturated rings. The van der Waals surface area contributed by atoms with E-state index in [1.807, 2.05) is 11.7 Å². The fourth-order valence-electron chi connectivity index (χ4n) is 2.56. The lowest BCUT2D eigenvalue weighted by Gasteiger charge is -2.20. The maximum absolute atomic E-state index is 5.45. The number of hydrogen-bond acceptors (Lipinski definition) is 3. The Morgan fingerprint density at radius 2 is 1.81 bits per heavy atom. The molecule has 2 rings (SSSR count). The fourth-order valence-corrected chi connectivity index (χ4v) is 2.56. The average molecular weight is 287 g/mol. The molecule has 0 amide bonds. The lowest BCUT2D eigenvalue weighted by molar-refractivity contribution is 0.401. The highest BCUT2D eigenvalue weighted by atomic mass is 16.5.